The number of nitrogens with zero attached hydrogens (tertiary/aromatic N) is 2. The van der Waals surface area contributed by atoms with Gasteiger partial charge in [0.05, 0.1) is 30.5 Å². The number of nitrogens with two attached hydrogens (primary N) is 1. The molecule has 0 saturated carbocycles. The van der Waals surface area contributed by atoms with Crippen molar-refractivity contribution in [1.29, 1.82) is 0 Å². The molecule has 1 aliphatic carbocycles. The van der Waals surface area contributed by atoms with Gasteiger partial charge in [-0.1, -0.05) is 20.2 Å². The molecule has 0 fully saturated rings. The molecular formula is C18H20BN3O2. The molecule has 1 amide bonds. The van der Waals surface area contributed by atoms with Crippen molar-refractivity contribution in [2.75, 3.05) is 0 Å². The van der Waals surface area contributed by atoms with Crippen LogP contribution in [0.4, 0.5) is 0 Å². The van der Waals surface area contributed by atoms with E-state index >= 15 is 0 Å². The van der Waals surface area contributed by atoms with Crippen LogP contribution in [-0.2, 0) is 12.7 Å². The van der Waals surface area contributed by atoms with Crippen LogP contribution < -0.4 is 5.73 Å². The molecule has 2 aromatic rings. The van der Waals surface area contributed by atoms with Crippen molar-refractivity contribution in [3.63, 3.8) is 0 Å². The molecule has 0 atom stereocenters. The fourth-order valence-corrected chi connectivity index (χ4v) is 3.47. The van der Waals surface area contributed by atoms with E-state index in [0.717, 1.165) is 29.1 Å². The molecular weight excluding hydrogens is 301 g/mol. The van der Waals surface area contributed by atoms with Crippen LogP contribution in [0.2, 0.25) is 0 Å². The maximum atomic E-state index is 12.5. The second-order valence-corrected chi connectivity index (χ2v) is 7.17. The summed E-state index contributed by atoms with van der Waals surface area (Å²) in [6, 6.07) is 5.27. The van der Waals surface area contributed by atoms with Crippen LogP contribution in [0.3, 0.4) is 0 Å². The van der Waals surface area contributed by atoms with Gasteiger partial charge in [-0.3, -0.25) is 9.59 Å². The van der Waals surface area contributed by atoms with Gasteiger partial charge < -0.3 is 5.73 Å². The van der Waals surface area contributed by atoms with E-state index in [1.54, 1.807) is 16.8 Å². The Morgan fingerprint density at radius 3 is 2.71 bits per heavy atom. The standard InChI is InChI=1S/C18H20BN3O2/c1-10-16-14(7-18(2,3)8-15(16)23)22(21-10)12-4-5-13(17(20)24)11(6-12)9-19/h4-6H,7-9H2,1-3H3,(H2,20,24). The minimum atomic E-state index is -0.503. The van der Waals surface area contributed by atoms with Gasteiger partial charge in [-0.25, -0.2) is 4.68 Å². The normalized spacial score (nSPS) is 16.0. The summed E-state index contributed by atoms with van der Waals surface area (Å²) in [7, 11) is 5.75. The quantitative estimate of drug-likeness (QED) is 0.880. The number of carbonyl (C=O) groups excluding carboxylic acids is 2. The fraction of sp³-hybridized carbons (Fsp3) is 0.389. The molecule has 5 nitrogen and oxygen atoms in total. The van der Waals surface area contributed by atoms with Crippen LogP contribution in [0.5, 0.6) is 0 Å². The molecule has 0 saturated heterocycles. The van der Waals surface area contributed by atoms with E-state index < -0.39 is 5.91 Å². The zero-order chi connectivity index (χ0) is 17.6. The summed E-state index contributed by atoms with van der Waals surface area (Å²) in [5.41, 5.74) is 9.54. The average molecular weight is 321 g/mol. The molecule has 24 heavy (non-hydrogen) atoms. The first-order valence-corrected chi connectivity index (χ1v) is 7.98. The Hall–Kier alpha value is -2.37. The lowest BCUT2D eigenvalue weighted by molar-refractivity contribution is 0.0909. The van der Waals surface area contributed by atoms with Gasteiger partial charge in [0.25, 0.3) is 0 Å². The molecule has 1 aromatic heterocycles. The lowest BCUT2D eigenvalue weighted by Crippen LogP contribution is -2.28. The number of Topliss-reactive ketones (excluding diaryl/α,β-unsaturated/α-hetero) is 1. The lowest BCUT2D eigenvalue weighted by Gasteiger charge is -2.29. The van der Waals surface area contributed by atoms with E-state index in [0.29, 0.717) is 17.5 Å². The van der Waals surface area contributed by atoms with Crippen molar-refractivity contribution in [3.05, 3.63) is 46.3 Å². The maximum Gasteiger partial charge on any atom is 0.248 e. The van der Waals surface area contributed by atoms with Gasteiger partial charge in [-0.05, 0) is 42.5 Å². The summed E-state index contributed by atoms with van der Waals surface area (Å²) >= 11 is 0. The van der Waals surface area contributed by atoms with Crippen LogP contribution in [0.15, 0.2) is 18.2 Å². The molecule has 2 N–H and O–H groups in total. The van der Waals surface area contributed by atoms with Gasteiger partial charge in [-0.15, -0.1) is 0 Å². The van der Waals surface area contributed by atoms with Crippen molar-refractivity contribution < 1.29 is 9.59 Å². The van der Waals surface area contributed by atoms with Crippen molar-refractivity contribution >= 4 is 19.5 Å². The summed E-state index contributed by atoms with van der Waals surface area (Å²) in [4.78, 5) is 24.0. The molecule has 0 bridgehead atoms. The van der Waals surface area contributed by atoms with Gasteiger partial charge in [0.2, 0.25) is 5.91 Å². The van der Waals surface area contributed by atoms with E-state index in [9.17, 15) is 9.59 Å². The third kappa shape index (κ3) is 2.66. The van der Waals surface area contributed by atoms with Gasteiger partial charge >= 0.3 is 0 Å². The lowest BCUT2D eigenvalue weighted by atomic mass is 9.75. The predicted molar refractivity (Wildman–Crippen MR) is 92.7 cm³/mol. The van der Waals surface area contributed by atoms with Gasteiger partial charge in [0.15, 0.2) is 5.78 Å². The first-order chi connectivity index (χ1) is 11.2. The Kier molecular flexibility index (Phi) is 3.86. The highest BCUT2D eigenvalue weighted by Gasteiger charge is 2.35. The Morgan fingerprint density at radius 2 is 2.08 bits per heavy atom. The van der Waals surface area contributed by atoms with E-state index in [-0.39, 0.29) is 17.5 Å². The highest BCUT2D eigenvalue weighted by Crippen LogP contribution is 2.37. The summed E-state index contributed by atoms with van der Waals surface area (Å²) in [5.74, 6) is -0.366. The maximum absolute atomic E-state index is 12.5. The molecule has 1 aliphatic rings. The summed E-state index contributed by atoms with van der Waals surface area (Å²) < 4.78 is 1.80. The minimum absolute atomic E-state index is 0.0990. The Bertz CT molecular complexity index is 852. The highest BCUT2D eigenvalue weighted by atomic mass is 16.1. The van der Waals surface area contributed by atoms with E-state index in [2.05, 4.69) is 18.9 Å². The average Bonchev–Trinajstić information content (AvgIpc) is 2.81. The number of rotatable bonds is 3. The topological polar surface area (TPSA) is 78.0 Å². The third-order valence-corrected chi connectivity index (χ3v) is 4.54. The number of primary amides is 1. The van der Waals surface area contributed by atoms with Crippen LogP contribution in [0.1, 0.15) is 57.9 Å². The largest absolute Gasteiger partial charge is 0.366 e. The Balaban J connectivity index is 2.17. The molecule has 0 unspecified atom stereocenters. The zero-order valence-corrected chi connectivity index (χ0v) is 14.2. The number of benzene rings is 1. The summed E-state index contributed by atoms with van der Waals surface area (Å²) in [6.45, 7) is 6.03. The minimum Gasteiger partial charge on any atom is -0.366 e. The molecule has 2 radical (unpaired) electrons. The summed E-state index contributed by atoms with van der Waals surface area (Å²) in [6.07, 6.45) is 1.50. The number of amides is 1. The van der Waals surface area contributed by atoms with Crippen molar-refractivity contribution in [2.24, 2.45) is 11.1 Å². The first-order valence-electron chi connectivity index (χ1n) is 7.98. The van der Waals surface area contributed by atoms with Crippen molar-refractivity contribution in [3.8, 4) is 5.69 Å². The monoisotopic (exact) mass is 321 g/mol. The molecule has 3 rings (SSSR count). The first kappa shape index (κ1) is 16.5. The van der Waals surface area contributed by atoms with Gasteiger partial charge in [-0.2, -0.15) is 5.10 Å². The SMILES string of the molecule is [B]Cc1cc(-n2nc(C)c3c2CC(C)(C)CC3=O)ccc1C(N)=O. The number of carbonyl (C=O) groups is 2. The van der Waals surface area contributed by atoms with Crippen LogP contribution in [0, 0.1) is 12.3 Å². The van der Waals surface area contributed by atoms with Crippen LogP contribution in [-0.4, -0.2) is 29.3 Å². The predicted octanol–water partition coefficient (Wildman–Crippen LogP) is 2.10. The number of fused-ring (bicyclic) bond motifs is 1. The molecule has 1 heterocycles. The van der Waals surface area contributed by atoms with E-state index in [4.69, 9.17) is 13.6 Å². The van der Waals surface area contributed by atoms with Gasteiger partial charge in [0, 0.05) is 12.0 Å². The molecule has 1 aromatic carbocycles. The third-order valence-electron chi connectivity index (χ3n) is 4.54. The smallest absolute Gasteiger partial charge is 0.248 e. The Morgan fingerprint density at radius 1 is 1.38 bits per heavy atom. The molecule has 6 heteroatoms. The second kappa shape index (κ2) is 5.62. The molecule has 122 valence electrons. The number of aromatic nitrogens is 2. The second-order valence-electron chi connectivity index (χ2n) is 7.17. The van der Waals surface area contributed by atoms with E-state index in [1.807, 2.05) is 13.0 Å². The number of aryl methyl sites for hydroxylation is 1. The number of ketones is 1. The van der Waals surface area contributed by atoms with Crippen molar-refractivity contribution in [2.45, 2.75) is 39.9 Å². The number of hydrogen-bond acceptors (Lipinski definition) is 3. The van der Waals surface area contributed by atoms with Crippen LogP contribution >= 0.6 is 0 Å². The number of hydrogen-bond donors (Lipinski definition) is 1. The van der Waals surface area contributed by atoms with Crippen molar-refractivity contribution in [1.82, 2.24) is 9.78 Å². The molecule has 0 spiro atoms. The van der Waals surface area contributed by atoms with Gasteiger partial charge in [0.1, 0.15) is 0 Å². The zero-order valence-electron chi connectivity index (χ0n) is 14.2. The summed E-state index contributed by atoms with van der Waals surface area (Å²) in [5, 5.41) is 4.57. The molecule has 0 aliphatic heterocycles. The van der Waals surface area contributed by atoms with Crippen LogP contribution in [0.25, 0.3) is 5.69 Å². The van der Waals surface area contributed by atoms with E-state index in [1.165, 1.54) is 0 Å². The fourth-order valence-electron chi connectivity index (χ4n) is 3.47. The highest BCUT2D eigenvalue weighted by molar-refractivity contribution is 6.09. The Labute approximate surface area is 142 Å².